The van der Waals surface area contributed by atoms with E-state index in [-0.39, 0.29) is 6.10 Å². The summed E-state index contributed by atoms with van der Waals surface area (Å²) in [5.41, 5.74) is 0. The largest absolute Gasteiger partial charge is 0.393 e. The van der Waals surface area contributed by atoms with Crippen LogP contribution in [0.1, 0.15) is 25.7 Å². The quantitative estimate of drug-likeness (QED) is 0.631. The maximum Gasteiger partial charge on any atom is 0.0636 e. The second-order valence-corrected chi connectivity index (χ2v) is 6.57. The summed E-state index contributed by atoms with van der Waals surface area (Å²) in [6.07, 6.45) is 4.59. The monoisotopic (exact) mass is 190 g/mol. The van der Waals surface area contributed by atoms with Crippen LogP contribution in [0.5, 0.6) is 0 Å². The van der Waals surface area contributed by atoms with Crippen LogP contribution >= 0.6 is 23.5 Å². The van der Waals surface area contributed by atoms with Gasteiger partial charge in [-0.05, 0) is 25.7 Å². The highest BCUT2D eigenvalue weighted by Crippen LogP contribution is 2.52. The van der Waals surface area contributed by atoms with Crippen LogP contribution in [0, 0.1) is 0 Å². The first-order chi connectivity index (χ1) is 5.31. The Kier molecular flexibility index (Phi) is 2.40. The summed E-state index contributed by atoms with van der Waals surface area (Å²) in [6, 6.07) is 0. The number of aliphatic hydroxyl groups excluding tert-OH is 1. The molecule has 2 aliphatic rings. The molecule has 2 fully saturated rings. The SMILES string of the molecule is O[C@@H]1CCCC2(C1)SCCS2. The molecule has 1 atom stereocenters. The van der Waals surface area contributed by atoms with Gasteiger partial charge in [0.05, 0.1) is 10.2 Å². The molecule has 1 heterocycles. The molecule has 1 aliphatic heterocycles. The minimum atomic E-state index is -0.0122. The van der Waals surface area contributed by atoms with Crippen molar-refractivity contribution in [2.75, 3.05) is 11.5 Å². The van der Waals surface area contributed by atoms with Gasteiger partial charge in [0.2, 0.25) is 0 Å². The van der Waals surface area contributed by atoms with Crippen molar-refractivity contribution >= 4 is 23.5 Å². The van der Waals surface area contributed by atoms with E-state index < -0.39 is 0 Å². The van der Waals surface area contributed by atoms with Crippen LogP contribution in [0.4, 0.5) is 0 Å². The summed E-state index contributed by atoms with van der Waals surface area (Å²) in [5.74, 6) is 2.58. The summed E-state index contributed by atoms with van der Waals surface area (Å²) in [4.78, 5) is 0. The summed E-state index contributed by atoms with van der Waals surface area (Å²) >= 11 is 4.14. The molecule has 2 rings (SSSR count). The molecule has 1 aliphatic carbocycles. The van der Waals surface area contributed by atoms with Crippen molar-refractivity contribution in [1.82, 2.24) is 0 Å². The van der Waals surface area contributed by atoms with Crippen LogP contribution in [0.25, 0.3) is 0 Å². The Labute approximate surface area is 76.3 Å². The lowest BCUT2D eigenvalue weighted by Crippen LogP contribution is -2.29. The van der Waals surface area contributed by atoms with Crippen molar-refractivity contribution < 1.29 is 5.11 Å². The molecule has 1 saturated heterocycles. The zero-order valence-electron chi connectivity index (χ0n) is 6.58. The summed E-state index contributed by atoms with van der Waals surface area (Å²) in [7, 11) is 0. The number of thioether (sulfide) groups is 2. The van der Waals surface area contributed by atoms with Gasteiger partial charge in [-0.1, -0.05) is 0 Å². The van der Waals surface area contributed by atoms with E-state index in [0.29, 0.717) is 4.08 Å². The standard InChI is InChI=1S/C8H14OS2/c9-7-2-1-3-8(6-7)10-4-5-11-8/h7,9H,1-6H2/t7-/m1/s1. The van der Waals surface area contributed by atoms with Crippen molar-refractivity contribution in [3.05, 3.63) is 0 Å². The highest BCUT2D eigenvalue weighted by Gasteiger charge is 2.39. The molecule has 0 amide bonds. The zero-order valence-corrected chi connectivity index (χ0v) is 8.22. The topological polar surface area (TPSA) is 20.2 Å². The lowest BCUT2D eigenvalue weighted by molar-refractivity contribution is 0.128. The molecule has 11 heavy (non-hydrogen) atoms. The lowest BCUT2D eigenvalue weighted by Gasteiger charge is -2.34. The van der Waals surface area contributed by atoms with E-state index in [1.807, 2.05) is 0 Å². The van der Waals surface area contributed by atoms with Gasteiger partial charge in [0.25, 0.3) is 0 Å². The Morgan fingerprint density at radius 2 is 2.00 bits per heavy atom. The van der Waals surface area contributed by atoms with Crippen molar-refractivity contribution in [2.45, 2.75) is 35.9 Å². The number of hydrogen-bond donors (Lipinski definition) is 1. The Bertz CT molecular complexity index is 143. The Morgan fingerprint density at radius 3 is 2.64 bits per heavy atom. The van der Waals surface area contributed by atoms with Crippen LogP contribution in [0.2, 0.25) is 0 Å². The summed E-state index contributed by atoms with van der Waals surface area (Å²) in [6.45, 7) is 0. The van der Waals surface area contributed by atoms with Crippen LogP contribution in [-0.2, 0) is 0 Å². The van der Waals surface area contributed by atoms with Gasteiger partial charge in [-0.25, -0.2) is 0 Å². The van der Waals surface area contributed by atoms with E-state index in [9.17, 15) is 5.11 Å². The minimum absolute atomic E-state index is 0.0122. The third kappa shape index (κ3) is 1.70. The van der Waals surface area contributed by atoms with Gasteiger partial charge >= 0.3 is 0 Å². The molecule has 1 nitrogen and oxygen atoms in total. The maximum atomic E-state index is 9.51. The lowest BCUT2D eigenvalue weighted by atomic mass is 9.97. The molecule has 0 aromatic rings. The first-order valence-electron chi connectivity index (χ1n) is 4.27. The van der Waals surface area contributed by atoms with Gasteiger partial charge < -0.3 is 5.11 Å². The van der Waals surface area contributed by atoms with Crippen molar-refractivity contribution in [3.8, 4) is 0 Å². The second kappa shape index (κ2) is 3.19. The normalized spacial score (nSPS) is 36.3. The average Bonchev–Trinajstić information content (AvgIpc) is 2.37. The Hall–Kier alpha value is 0.660. The fourth-order valence-corrected chi connectivity index (χ4v) is 5.37. The molecule has 0 unspecified atom stereocenters. The average molecular weight is 190 g/mol. The minimum Gasteiger partial charge on any atom is -0.393 e. The van der Waals surface area contributed by atoms with Gasteiger partial charge in [-0.3, -0.25) is 0 Å². The summed E-state index contributed by atoms with van der Waals surface area (Å²) < 4.78 is 0.428. The molecule has 1 saturated carbocycles. The molecule has 3 heteroatoms. The van der Waals surface area contributed by atoms with E-state index in [2.05, 4.69) is 23.5 Å². The van der Waals surface area contributed by atoms with Gasteiger partial charge in [-0.15, -0.1) is 23.5 Å². The van der Waals surface area contributed by atoms with E-state index in [4.69, 9.17) is 0 Å². The van der Waals surface area contributed by atoms with E-state index in [1.165, 1.54) is 24.3 Å². The fourth-order valence-electron chi connectivity index (χ4n) is 1.93. The van der Waals surface area contributed by atoms with Gasteiger partial charge in [-0.2, -0.15) is 0 Å². The second-order valence-electron chi connectivity index (χ2n) is 3.36. The molecule has 0 radical (unpaired) electrons. The van der Waals surface area contributed by atoms with Crippen LogP contribution in [-0.4, -0.2) is 26.8 Å². The van der Waals surface area contributed by atoms with Gasteiger partial charge in [0, 0.05) is 11.5 Å². The van der Waals surface area contributed by atoms with Crippen LogP contribution in [0.15, 0.2) is 0 Å². The van der Waals surface area contributed by atoms with E-state index in [1.54, 1.807) is 0 Å². The zero-order chi connectivity index (χ0) is 7.73. The number of hydrogen-bond acceptors (Lipinski definition) is 3. The Balaban J connectivity index is 2.00. The predicted molar refractivity (Wildman–Crippen MR) is 52.1 cm³/mol. The van der Waals surface area contributed by atoms with Crippen molar-refractivity contribution in [1.29, 1.82) is 0 Å². The molecular weight excluding hydrogens is 176 g/mol. The Morgan fingerprint density at radius 1 is 1.27 bits per heavy atom. The molecule has 1 N–H and O–H groups in total. The smallest absolute Gasteiger partial charge is 0.0636 e. The van der Waals surface area contributed by atoms with Crippen molar-refractivity contribution in [2.24, 2.45) is 0 Å². The molecule has 64 valence electrons. The molecule has 0 bridgehead atoms. The third-order valence-corrected chi connectivity index (χ3v) is 6.03. The first-order valence-corrected chi connectivity index (χ1v) is 6.24. The van der Waals surface area contributed by atoms with E-state index >= 15 is 0 Å². The number of rotatable bonds is 0. The van der Waals surface area contributed by atoms with Crippen LogP contribution < -0.4 is 0 Å². The van der Waals surface area contributed by atoms with Gasteiger partial charge in [0.1, 0.15) is 0 Å². The molecule has 0 aromatic heterocycles. The maximum absolute atomic E-state index is 9.51. The fraction of sp³-hybridized carbons (Fsp3) is 1.00. The van der Waals surface area contributed by atoms with Crippen LogP contribution in [0.3, 0.4) is 0 Å². The first kappa shape index (κ1) is 8.27. The predicted octanol–water partition coefficient (Wildman–Crippen LogP) is 2.10. The summed E-state index contributed by atoms with van der Waals surface area (Å²) in [5, 5.41) is 9.51. The third-order valence-electron chi connectivity index (χ3n) is 2.46. The molecule has 0 aromatic carbocycles. The number of aliphatic hydroxyl groups is 1. The highest BCUT2D eigenvalue weighted by atomic mass is 32.2. The highest BCUT2D eigenvalue weighted by molar-refractivity contribution is 8.21. The van der Waals surface area contributed by atoms with Gasteiger partial charge in [0.15, 0.2) is 0 Å². The molecular formula is C8H14OS2. The van der Waals surface area contributed by atoms with E-state index in [0.717, 1.165) is 12.8 Å². The van der Waals surface area contributed by atoms with Crippen molar-refractivity contribution in [3.63, 3.8) is 0 Å². The molecule has 1 spiro atoms.